The molecule has 0 radical (unpaired) electrons. The Morgan fingerprint density at radius 1 is 1.26 bits per heavy atom. The van der Waals surface area contributed by atoms with Gasteiger partial charge in [0.2, 0.25) is 0 Å². The minimum absolute atomic E-state index is 0. The molecule has 8 heteroatoms. The van der Waals surface area contributed by atoms with Gasteiger partial charge in [-0.3, -0.25) is 4.99 Å². The van der Waals surface area contributed by atoms with E-state index in [1.54, 1.807) is 30.6 Å². The number of nitrogens with one attached hydrogen (secondary N) is 2. The molecule has 5 nitrogen and oxygen atoms in total. The zero-order valence-electron chi connectivity index (χ0n) is 16.2. The number of nitrogens with zero attached hydrogens (tertiary/aromatic N) is 2. The van der Waals surface area contributed by atoms with Gasteiger partial charge in [-0.25, -0.2) is 9.37 Å². The van der Waals surface area contributed by atoms with Gasteiger partial charge in [0.1, 0.15) is 11.9 Å². The summed E-state index contributed by atoms with van der Waals surface area (Å²) in [6.45, 7) is 8.14. The topological polar surface area (TPSA) is 58.5 Å². The van der Waals surface area contributed by atoms with E-state index < -0.39 is 0 Å². The van der Waals surface area contributed by atoms with Crippen LogP contribution in [-0.4, -0.2) is 37.7 Å². The number of rotatable bonds is 8. The molecule has 1 aromatic carbocycles. The van der Waals surface area contributed by atoms with E-state index in [0.29, 0.717) is 6.54 Å². The lowest BCUT2D eigenvalue weighted by molar-refractivity contribution is 0.111. The van der Waals surface area contributed by atoms with Crippen molar-refractivity contribution in [2.45, 2.75) is 33.3 Å². The molecule has 2 rings (SSSR count). The number of ether oxygens (including phenoxy) is 1. The van der Waals surface area contributed by atoms with Crippen molar-refractivity contribution in [2.75, 3.05) is 26.7 Å². The van der Waals surface area contributed by atoms with Gasteiger partial charge < -0.3 is 15.4 Å². The van der Waals surface area contributed by atoms with E-state index in [2.05, 4.69) is 27.5 Å². The van der Waals surface area contributed by atoms with Gasteiger partial charge in [0.15, 0.2) is 5.96 Å². The summed E-state index contributed by atoms with van der Waals surface area (Å²) < 4.78 is 18.6. The predicted molar refractivity (Wildman–Crippen MR) is 121 cm³/mol. The lowest BCUT2D eigenvalue weighted by atomic mass is 10.1. The molecule has 2 N–H and O–H groups in total. The average Bonchev–Trinajstić information content (AvgIpc) is 2.94. The molecule has 1 heterocycles. The van der Waals surface area contributed by atoms with Gasteiger partial charge in [0.25, 0.3) is 0 Å². The van der Waals surface area contributed by atoms with Crippen LogP contribution in [0.25, 0.3) is 0 Å². The molecular formula is C19H28FIN4OS. The normalized spacial score (nSPS) is 12.4. The SMILES string of the molecule is CCNC(=NCC(OC)c1ccc(F)cc1)NCCc1nc(C)c(C)s1.I. The first-order valence-corrected chi connectivity index (χ1v) is 9.58. The molecule has 1 unspecified atom stereocenters. The third kappa shape index (κ3) is 7.71. The Morgan fingerprint density at radius 3 is 2.52 bits per heavy atom. The number of aryl methyl sites for hydroxylation is 2. The quantitative estimate of drug-likeness (QED) is 0.323. The Balaban J connectivity index is 0.00000364. The summed E-state index contributed by atoms with van der Waals surface area (Å²) in [4.78, 5) is 10.4. The molecular weight excluding hydrogens is 478 g/mol. The number of methoxy groups -OCH3 is 1. The molecule has 0 bridgehead atoms. The van der Waals surface area contributed by atoms with E-state index in [1.165, 1.54) is 17.0 Å². The summed E-state index contributed by atoms with van der Waals surface area (Å²) >= 11 is 1.74. The van der Waals surface area contributed by atoms with Crippen molar-refractivity contribution in [3.05, 3.63) is 51.2 Å². The number of hydrogen-bond acceptors (Lipinski definition) is 4. The third-order valence-electron chi connectivity index (χ3n) is 3.99. The fourth-order valence-electron chi connectivity index (χ4n) is 2.44. The monoisotopic (exact) mass is 506 g/mol. The van der Waals surface area contributed by atoms with Crippen molar-refractivity contribution in [2.24, 2.45) is 4.99 Å². The standard InChI is InChI=1S/C19H27FN4OS.HI/c1-5-21-19(22-11-10-18-24-13(2)14(3)26-18)23-12-17(25-4)15-6-8-16(20)9-7-15;/h6-9,17H,5,10-12H2,1-4H3,(H2,21,22,23);1H. The molecule has 0 fully saturated rings. The second-order valence-electron chi connectivity index (χ2n) is 5.92. The molecule has 0 amide bonds. The van der Waals surface area contributed by atoms with Crippen LogP contribution in [0.4, 0.5) is 4.39 Å². The first-order valence-electron chi connectivity index (χ1n) is 8.76. The van der Waals surface area contributed by atoms with Crippen molar-refractivity contribution < 1.29 is 9.13 Å². The molecule has 0 aliphatic carbocycles. The van der Waals surface area contributed by atoms with E-state index >= 15 is 0 Å². The molecule has 2 aromatic rings. The van der Waals surface area contributed by atoms with Gasteiger partial charge >= 0.3 is 0 Å². The lowest BCUT2D eigenvalue weighted by Crippen LogP contribution is -2.38. The minimum atomic E-state index is -0.255. The van der Waals surface area contributed by atoms with Gasteiger partial charge in [0, 0.05) is 31.5 Å². The van der Waals surface area contributed by atoms with Crippen molar-refractivity contribution in [3.8, 4) is 0 Å². The highest BCUT2D eigenvalue weighted by Crippen LogP contribution is 2.18. The fraction of sp³-hybridized carbons (Fsp3) is 0.474. The molecule has 0 saturated carbocycles. The van der Waals surface area contributed by atoms with Crippen LogP contribution in [0.5, 0.6) is 0 Å². The second kappa shape index (κ2) is 12.2. The maximum atomic E-state index is 13.1. The van der Waals surface area contributed by atoms with E-state index in [0.717, 1.165) is 41.7 Å². The Labute approximate surface area is 181 Å². The van der Waals surface area contributed by atoms with Crippen LogP contribution in [-0.2, 0) is 11.2 Å². The Hall–Kier alpha value is -1.26. The Bertz CT molecular complexity index is 701. The van der Waals surface area contributed by atoms with E-state index in [-0.39, 0.29) is 35.9 Å². The molecule has 27 heavy (non-hydrogen) atoms. The van der Waals surface area contributed by atoms with Crippen LogP contribution in [0.3, 0.4) is 0 Å². The summed E-state index contributed by atoms with van der Waals surface area (Å²) in [5.41, 5.74) is 2.01. The maximum absolute atomic E-state index is 13.1. The smallest absolute Gasteiger partial charge is 0.191 e. The van der Waals surface area contributed by atoms with Crippen LogP contribution in [0.1, 0.15) is 34.2 Å². The summed E-state index contributed by atoms with van der Waals surface area (Å²) in [5.74, 6) is 0.483. The van der Waals surface area contributed by atoms with Crippen molar-refractivity contribution in [1.29, 1.82) is 0 Å². The van der Waals surface area contributed by atoms with Crippen LogP contribution >= 0.6 is 35.3 Å². The highest BCUT2D eigenvalue weighted by atomic mass is 127. The maximum Gasteiger partial charge on any atom is 0.191 e. The van der Waals surface area contributed by atoms with Crippen LogP contribution in [0.2, 0.25) is 0 Å². The first kappa shape index (κ1) is 23.8. The zero-order valence-corrected chi connectivity index (χ0v) is 19.4. The second-order valence-corrected chi connectivity index (χ2v) is 7.21. The fourth-order valence-corrected chi connectivity index (χ4v) is 3.38. The molecule has 150 valence electrons. The Kier molecular flexibility index (Phi) is 10.8. The summed E-state index contributed by atoms with van der Waals surface area (Å²) in [5, 5.41) is 7.69. The first-order chi connectivity index (χ1) is 12.5. The molecule has 1 atom stereocenters. The van der Waals surface area contributed by atoms with Gasteiger partial charge in [-0.05, 0) is 38.5 Å². The van der Waals surface area contributed by atoms with E-state index in [4.69, 9.17) is 4.74 Å². The van der Waals surface area contributed by atoms with Crippen molar-refractivity contribution in [1.82, 2.24) is 15.6 Å². The van der Waals surface area contributed by atoms with E-state index in [9.17, 15) is 4.39 Å². The number of guanidine groups is 1. The number of thiazole rings is 1. The average molecular weight is 506 g/mol. The zero-order chi connectivity index (χ0) is 18.9. The Morgan fingerprint density at radius 2 is 1.96 bits per heavy atom. The number of halogens is 2. The molecule has 0 aliphatic rings. The number of hydrogen-bond donors (Lipinski definition) is 2. The molecule has 1 aromatic heterocycles. The predicted octanol–water partition coefficient (Wildman–Crippen LogP) is 4.00. The van der Waals surface area contributed by atoms with E-state index in [1.807, 2.05) is 13.8 Å². The highest BCUT2D eigenvalue weighted by Gasteiger charge is 2.11. The third-order valence-corrected chi connectivity index (χ3v) is 5.12. The van der Waals surface area contributed by atoms with Gasteiger partial charge in [-0.15, -0.1) is 35.3 Å². The van der Waals surface area contributed by atoms with Gasteiger partial charge in [-0.1, -0.05) is 12.1 Å². The van der Waals surface area contributed by atoms with Crippen LogP contribution in [0.15, 0.2) is 29.3 Å². The number of aliphatic imine (C=N–C) groups is 1. The van der Waals surface area contributed by atoms with Gasteiger partial charge in [-0.2, -0.15) is 0 Å². The molecule has 0 saturated heterocycles. The largest absolute Gasteiger partial charge is 0.375 e. The number of benzene rings is 1. The van der Waals surface area contributed by atoms with Crippen molar-refractivity contribution >= 4 is 41.3 Å². The highest BCUT2D eigenvalue weighted by molar-refractivity contribution is 14.0. The van der Waals surface area contributed by atoms with Crippen LogP contribution < -0.4 is 10.6 Å². The lowest BCUT2D eigenvalue weighted by Gasteiger charge is -2.16. The summed E-state index contributed by atoms with van der Waals surface area (Å²) in [6.07, 6.45) is 0.644. The summed E-state index contributed by atoms with van der Waals surface area (Å²) in [7, 11) is 1.64. The molecule has 0 spiro atoms. The summed E-state index contributed by atoms with van der Waals surface area (Å²) in [6, 6.07) is 6.33. The van der Waals surface area contributed by atoms with Crippen LogP contribution in [0, 0.1) is 19.7 Å². The van der Waals surface area contributed by atoms with Crippen molar-refractivity contribution in [3.63, 3.8) is 0 Å². The minimum Gasteiger partial charge on any atom is -0.375 e. The molecule has 0 aliphatic heterocycles. The van der Waals surface area contributed by atoms with Gasteiger partial charge in [0.05, 0.1) is 17.2 Å². The number of aromatic nitrogens is 1.